The number of fused-ring (bicyclic) bond motifs is 1. The van der Waals surface area contributed by atoms with E-state index in [1.54, 1.807) is 0 Å². The number of morpholine rings is 1. The summed E-state index contributed by atoms with van der Waals surface area (Å²) in [5.41, 5.74) is 1.91. The summed E-state index contributed by atoms with van der Waals surface area (Å²) in [6, 6.07) is 0. The van der Waals surface area contributed by atoms with Crippen LogP contribution in [0.5, 0.6) is 0 Å². The lowest BCUT2D eigenvalue weighted by molar-refractivity contribution is -0.0328. The minimum atomic E-state index is -0.0892. The molecular formula is C14H21N3O2. The molecule has 5 heteroatoms. The van der Waals surface area contributed by atoms with Gasteiger partial charge in [-0.2, -0.15) is 0 Å². The molecule has 1 aromatic heterocycles. The zero-order valence-electron chi connectivity index (χ0n) is 11.4. The van der Waals surface area contributed by atoms with Crippen molar-refractivity contribution in [2.75, 3.05) is 26.2 Å². The van der Waals surface area contributed by atoms with E-state index in [0.717, 1.165) is 56.6 Å². The van der Waals surface area contributed by atoms with Gasteiger partial charge < -0.3 is 9.72 Å². The second-order valence-corrected chi connectivity index (χ2v) is 5.34. The summed E-state index contributed by atoms with van der Waals surface area (Å²) >= 11 is 0. The van der Waals surface area contributed by atoms with Gasteiger partial charge in [0.05, 0.1) is 12.3 Å². The Morgan fingerprint density at radius 2 is 2.26 bits per heavy atom. The second kappa shape index (κ2) is 5.43. The molecule has 1 unspecified atom stereocenters. The molecule has 1 N–H and O–H groups in total. The summed E-state index contributed by atoms with van der Waals surface area (Å²) in [4.78, 5) is 22.0. The number of nitrogens with zero attached hydrogens (tertiary/aromatic N) is 2. The molecule has 3 rings (SSSR count). The van der Waals surface area contributed by atoms with Crippen LogP contribution in [0.1, 0.15) is 43.0 Å². The molecular weight excluding hydrogens is 242 g/mol. The normalized spacial score (nSPS) is 24.2. The van der Waals surface area contributed by atoms with Gasteiger partial charge in [0.15, 0.2) is 0 Å². The van der Waals surface area contributed by atoms with Crippen molar-refractivity contribution in [3.63, 3.8) is 0 Å². The Morgan fingerprint density at radius 1 is 1.42 bits per heavy atom. The number of nitrogens with one attached hydrogen (secondary N) is 1. The zero-order chi connectivity index (χ0) is 13.2. The largest absolute Gasteiger partial charge is 0.368 e. The molecule has 1 aliphatic heterocycles. The number of ether oxygens (including phenoxy) is 1. The number of hydrogen-bond acceptors (Lipinski definition) is 4. The van der Waals surface area contributed by atoms with Crippen molar-refractivity contribution in [1.29, 1.82) is 0 Å². The van der Waals surface area contributed by atoms with Crippen molar-refractivity contribution >= 4 is 0 Å². The lowest BCUT2D eigenvalue weighted by atomic mass is 9.97. The number of aryl methyl sites for hydroxylation is 1. The lowest BCUT2D eigenvalue weighted by Crippen LogP contribution is -2.39. The quantitative estimate of drug-likeness (QED) is 0.866. The maximum atomic E-state index is 12.1. The predicted molar refractivity (Wildman–Crippen MR) is 72.3 cm³/mol. The number of hydrogen-bond donors (Lipinski definition) is 1. The highest BCUT2D eigenvalue weighted by Gasteiger charge is 2.25. The van der Waals surface area contributed by atoms with Gasteiger partial charge in [0.25, 0.3) is 5.56 Å². The molecule has 1 aromatic rings. The molecule has 0 bridgehead atoms. The Kier molecular flexibility index (Phi) is 3.66. The van der Waals surface area contributed by atoms with Crippen LogP contribution in [-0.4, -0.2) is 41.1 Å². The van der Waals surface area contributed by atoms with Gasteiger partial charge in [-0.25, -0.2) is 4.98 Å². The van der Waals surface area contributed by atoms with E-state index in [0.29, 0.717) is 12.4 Å². The molecule has 0 saturated carbocycles. The van der Waals surface area contributed by atoms with Crippen molar-refractivity contribution < 1.29 is 4.74 Å². The Labute approximate surface area is 113 Å². The standard InChI is InChI=1S/C14H21N3O2/c1-2-17-7-8-19-12(9-17)13-15-11-6-4-3-5-10(11)14(18)16-13/h12H,2-9H2,1H3,(H,15,16,18). The van der Waals surface area contributed by atoms with Gasteiger partial charge in [-0.1, -0.05) is 6.92 Å². The first-order valence-corrected chi connectivity index (χ1v) is 7.24. The highest BCUT2D eigenvalue weighted by atomic mass is 16.5. The first-order valence-electron chi connectivity index (χ1n) is 7.24. The van der Waals surface area contributed by atoms with Crippen LogP contribution in [0, 0.1) is 0 Å². The number of aromatic amines is 1. The van der Waals surface area contributed by atoms with Crippen molar-refractivity contribution in [2.45, 2.75) is 38.7 Å². The van der Waals surface area contributed by atoms with Crippen LogP contribution in [0.15, 0.2) is 4.79 Å². The fraction of sp³-hybridized carbons (Fsp3) is 0.714. The van der Waals surface area contributed by atoms with Crippen molar-refractivity contribution in [3.05, 3.63) is 27.4 Å². The van der Waals surface area contributed by atoms with Crippen LogP contribution in [0.25, 0.3) is 0 Å². The van der Waals surface area contributed by atoms with Gasteiger partial charge in [0.2, 0.25) is 0 Å². The summed E-state index contributed by atoms with van der Waals surface area (Å²) in [6.07, 6.45) is 3.94. The molecule has 2 heterocycles. The van der Waals surface area contributed by atoms with Gasteiger partial charge in [-0.3, -0.25) is 9.69 Å². The topological polar surface area (TPSA) is 58.2 Å². The number of aromatic nitrogens is 2. The molecule has 104 valence electrons. The number of likely N-dealkylation sites (N-methyl/N-ethyl adjacent to an activating group) is 1. The number of rotatable bonds is 2. The Morgan fingerprint density at radius 3 is 3.11 bits per heavy atom. The third-order valence-electron chi connectivity index (χ3n) is 4.11. The Bertz CT molecular complexity index is 512. The van der Waals surface area contributed by atoms with Crippen LogP contribution in [-0.2, 0) is 17.6 Å². The van der Waals surface area contributed by atoms with E-state index in [-0.39, 0.29) is 11.7 Å². The van der Waals surface area contributed by atoms with E-state index < -0.39 is 0 Å². The van der Waals surface area contributed by atoms with E-state index in [1.807, 2.05) is 0 Å². The molecule has 0 radical (unpaired) electrons. The molecule has 1 fully saturated rings. The molecule has 1 saturated heterocycles. The smallest absolute Gasteiger partial charge is 0.254 e. The van der Waals surface area contributed by atoms with E-state index in [9.17, 15) is 4.79 Å². The Balaban J connectivity index is 1.88. The van der Waals surface area contributed by atoms with Crippen LogP contribution in [0.4, 0.5) is 0 Å². The first kappa shape index (κ1) is 12.8. The van der Waals surface area contributed by atoms with Crippen LogP contribution < -0.4 is 5.56 Å². The third kappa shape index (κ3) is 2.58. The zero-order valence-corrected chi connectivity index (χ0v) is 11.4. The van der Waals surface area contributed by atoms with Crippen LogP contribution >= 0.6 is 0 Å². The summed E-state index contributed by atoms with van der Waals surface area (Å²) in [5.74, 6) is 0.712. The van der Waals surface area contributed by atoms with E-state index >= 15 is 0 Å². The number of H-pyrrole nitrogens is 1. The molecule has 0 aromatic carbocycles. The van der Waals surface area contributed by atoms with Gasteiger partial charge in [-0.05, 0) is 32.2 Å². The van der Waals surface area contributed by atoms with Crippen molar-refractivity contribution in [1.82, 2.24) is 14.9 Å². The van der Waals surface area contributed by atoms with Gasteiger partial charge in [0, 0.05) is 18.7 Å². The summed E-state index contributed by atoms with van der Waals surface area (Å²) in [6.45, 7) is 5.64. The average Bonchev–Trinajstić information content (AvgIpc) is 2.47. The first-order chi connectivity index (χ1) is 9.28. The third-order valence-corrected chi connectivity index (χ3v) is 4.11. The van der Waals surface area contributed by atoms with Crippen LogP contribution in [0.3, 0.4) is 0 Å². The molecule has 1 atom stereocenters. The van der Waals surface area contributed by atoms with E-state index in [4.69, 9.17) is 4.74 Å². The average molecular weight is 263 g/mol. The molecule has 19 heavy (non-hydrogen) atoms. The van der Waals surface area contributed by atoms with Gasteiger partial charge in [0.1, 0.15) is 11.9 Å². The van der Waals surface area contributed by atoms with Gasteiger partial charge in [-0.15, -0.1) is 0 Å². The molecule has 0 spiro atoms. The predicted octanol–water partition coefficient (Wildman–Crippen LogP) is 1.04. The fourth-order valence-electron chi connectivity index (χ4n) is 2.93. The monoisotopic (exact) mass is 263 g/mol. The SMILES string of the molecule is CCN1CCOC(c2nc3c(c(=O)[nH]2)CCCC3)C1. The lowest BCUT2D eigenvalue weighted by Gasteiger charge is -2.31. The van der Waals surface area contributed by atoms with Gasteiger partial charge >= 0.3 is 0 Å². The maximum Gasteiger partial charge on any atom is 0.254 e. The molecule has 1 aliphatic carbocycles. The molecule has 0 amide bonds. The maximum absolute atomic E-state index is 12.1. The fourth-order valence-corrected chi connectivity index (χ4v) is 2.93. The molecule has 5 nitrogen and oxygen atoms in total. The van der Waals surface area contributed by atoms with Crippen molar-refractivity contribution in [2.24, 2.45) is 0 Å². The van der Waals surface area contributed by atoms with E-state index in [1.165, 1.54) is 0 Å². The Hall–Kier alpha value is -1.20. The highest BCUT2D eigenvalue weighted by molar-refractivity contribution is 5.21. The second-order valence-electron chi connectivity index (χ2n) is 5.34. The van der Waals surface area contributed by atoms with Crippen LogP contribution in [0.2, 0.25) is 0 Å². The summed E-state index contributed by atoms with van der Waals surface area (Å²) < 4.78 is 5.77. The molecule has 2 aliphatic rings. The minimum absolute atomic E-state index is 0.0388. The summed E-state index contributed by atoms with van der Waals surface area (Å²) in [7, 11) is 0. The van der Waals surface area contributed by atoms with Crippen molar-refractivity contribution in [3.8, 4) is 0 Å². The highest BCUT2D eigenvalue weighted by Crippen LogP contribution is 2.21. The minimum Gasteiger partial charge on any atom is -0.368 e. The van der Waals surface area contributed by atoms with E-state index in [2.05, 4.69) is 21.8 Å². The summed E-state index contributed by atoms with van der Waals surface area (Å²) in [5, 5.41) is 0.